The lowest BCUT2D eigenvalue weighted by molar-refractivity contribution is -0.0297. The minimum atomic E-state index is -0.374. The molecule has 0 spiro atoms. The first-order valence-electron chi connectivity index (χ1n) is 6.71. The molecule has 3 heteroatoms. The molecule has 1 aromatic heterocycles. The second-order valence-electron chi connectivity index (χ2n) is 5.42. The van der Waals surface area contributed by atoms with Crippen LogP contribution in [0.2, 0.25) is 0 Å². The van der Waals surface area contributed by atoms with Gasteiger partial charge >= 0.3 is 0 Å². The van der Waals surface area contributed by atoms with Crippen molar-refractivity contribution in [2.75, 3.05) is 6.61 Å². The van der Waals surface area contributed by atoms with Crippen LogP contribution in [0.15, 0.2) is 30.3 Å². The summed E-state index contributed by atoms with van der Waals surface area (Å²) < 4.78 is 5.74. The van der Waals surface area contributed by atoms with Crippen molar-refractivity contribution < 1.29 is 4.74 Å². The Morgan fingerprint density at radius 3 is 2.68 bits per heavy atom. The van der Waals surface area contributed by atoms with E-state index in [2.05, 4.69) is 17.1 Å². The van der Waals surface area contributed by atoms with Crippen molar-refractivity contribution >= 4 is 10.9 Å². The van der Waals surface area contributed by atoms with Gasteiger partial charge in [-0.15, -0.1) is 0 Å². The molecule has 1 aromatic carbocycles. The molecule has 19 heavy (non-hydrogen) atoms. The van der Waals surface area contributed by atoms with Crippen molar-refractivity contribution in [2.24, 2.45) is 5.73 Å². The highest BCUT2D eigenvalue weighted by Gasteiger charge is 2.28. The first-order valence-corrected chi connectivity index (χ1v) is 6.71. The van der Waals surface area contributed by atoms with Gasteiger partial charge in [0.05, 0.1) is 17.2 Å². The number of aromatic nitrogens is 1. The Balaban J connectivity index is 2.38. The van der Waals surface area contributed by atoms with Gasteiger partial charge in [-0.1, -0.05) is 12.1 Å². The molecule has 0 aliphatic carbocycles. The summed E-state index contributed by atoms with van der Waals surface area (Å²) in [5.41, 5.74) is 9.07. The van der Waals surface area contributed by atoms with Gasteiger partial charge in [0.2, 0.25) is 0 Å². The van der Waals surface area contributed by atoms with Gasteiger partial charge in [-0.2, -0.15) is 0 Å². The lowest BCUT2D eigenvalue weighted by atomic mass is 9.91. The summed E-state index contributed by atoms with van der Waals surface area (Å²) in [6, 6.07) is 10.1. The van der Waals surface area contributed by atoms with Crippen molar-refractivity contribution in [2.45, 2.75) is 39.3 Å². The third kappa shape index (κ3) is 2.94. The number of pyridine rings is 1. The average Bonchev–Trinajstić information content (AvgIpc) is 2.37. The SMILES string of the molecule is CCOC(C)(C)C(N)c1ccc2nc(C)ccc2c1. The summed E-state index contributed by atoms with van der Waals surface area (Å²) in [6.45, 7) is 8.70. The van der Waals surface area contributed by atoms with Crippen LogP contribution in [0.4, 0.5) is 0 Å². The lowest BCUT2D eigenvalue weighted by Gasteiger charge is -2.31. The average molecular weight is 258 g/mol. The molecule has 0 fully saturated rings. The van der Waals surface area contributed by atoms with Crippen molar-refractivity contribution in [1.82, 2.24) is 4.98 Å². The molecule has 1 atom stereocenters. The molecule has 1 unspecified atom stereocenters. The molecule has 0 saturated carbocycles. The van der Waals surface area contributed by atoms with Crippen molar-refractivity contribution in [3.8, 4) is 0 Å². The zero-order valence-electron chi connectivity index (χ0n) is 12.1. The van der Waals surface area contributed by atoms with E-state index >= 15 is 0 Å². The zero-order valence-corrected chi connectivity index (χ0v) is 12.1. The molecule has 0 amide bonds. The maximum Gasteiger partial charge on any atom is 0.0818 e. The topological polar surface area (TPSA) is 48.1 Å². The van der Waals surface area contributed by atoms with Crippen LogP contribution in [-0.2, 0) is 4.74 Å². The van der Waals surface area contributed by atoms with Crippen molar-refractivity contribution in [3.63, 3.8) is 0 Å². The number of aryl methyl sites for hydroxylation is 1. The molecule has 2 aromatic rings. The molecule has 102 valence electrons. The van der Waals surface area contributed by atoms with E-state index in [4.69, 9.17) is 10.5 Å². The normalized spacial score (nSPS) is 13.7. The van der Waals surface area contributed by atoms with Gasteiger partial charge < -0.3 is 10.5 Å². The van der Waals surface area contributed by atoms with E-state index < -0.39 is 0 Å². The first-order chi connectivity index (χ1) is 8.94. The Kier molecular flexibility index (Phi) is 3.88. The molecule has 2 N–H and O–H groups in total. The highest BCUT2D eigenvalue weighted by Crippen LogP contribution is 2.28. The third-order valence-corrected chi connectivity index (χ3v) is 3.48. The molecule has 0 saturated heterocycles. The summed E-state index contributed by atoms with van der Waals surface area (Å²) in [7, 11) is 0. The number of rotatable bonds is 4. The number of fused-ring (bicyclic) bond motifs is 1. The Bertz CT molecular complexity index is 578. The summed E-state index contributed by atoms with van der Waals surface area (Å²) in [5, 5.41) is 1.12. The molecule has 0 radical (unpaired) electrons. The van der Waals surface area contributed by atoms with Crippen LogP contribution in [0, 0.1) is 6.92 Å². The maximum absolute atomic E-state index is 6.33. The minimum absolute atomic E-state index is 0.154. The maximum atomic E-state index is 6.33. The lowest BCUT2D eigenvalue weighted by Crippen LogP contribution is -2.38. The first kappa shape index (κ1) is 14.0. The van der Waals surface area contributed by atoms with Gasteiger partial charge in [0, 0.05) is 17.7 Å². The summed E-state index contributed by atoms with van der Waals surface area (Å²) in [5.74, 6) is 0. The molecule has 0 bridgehead atoms. The number of nitrogens with two attached hydrogens (primary N) is 1. The van der Waals surface area contributed by atoms with Gasteiger partial charge in [0.25, 0.3) is 0 Å². The van der Waals surface area contributed by atoms with Crippen LogP contribution in [0.25, 0.3) is 10.9 Å². The predicted octanol–water partition coefficient (Wildman–Crippen LogP) is 3.36. The van der Waals surface area contributed by atoms with Crippen molar-refractivity contribution in [3.05, 3.63) is 41.6 Å². The fraction of sp³-hybridized carbons (Fsp3) is 0.438. The van der Waals surface area contributed by atoms with Gasteiger partial charge in [0.15, 0.2) is 0 Å². The Hall–Kier alpha value is -1.45. The Morgan fingerprint density at radius 2 is 2.00 bits per heavy atom. The quantitative estimate of drug-likeness (QED) is 0.914. The molecule has 1 heterocycles. The predicted molar refractivity (Wildman–Crippen MR) is 79.1 cm³/mol. The second-order valence-corrected chi connectivity index (χ2v) is 5.42. The number of benzene rings is 1. The van der Waals surface area contributed by atoms with E-state index in [9.17, 15) is 0 Å². The number of nitrogens with zero attached hydrogens (tertiary/aromatic N) is 1. The summed E-state index contributed by atoms with van der Waals surface area (Å²) in [4.78, 5) is 4.50. The summed E-state index contributed by atoms with van der Waals surface area (Å²) >= 11 is 0. The van der Waals surface area contributed by atoms with Crippen molar-refractivity contribution in [1.29, 1.82) is 0 Å². The zero-order chi connectivity index (χ0) is 14.0. The van der Waals surface area contributed by atoms with E-state index in [1.807, 2.05) is 45.9 Å². The van der Waals surface area contributed by atoms with Crippen LogP contribution in [0.5, 0.6) is 0 Å². The smallest absolute Gasteiger partial charge is 0.0818 e. The number of hydrogen-bond acceptors (Lipinski definition) is 3. The molecule has 0 aliphatic rings. The van der Waals surface area contributed by atoms with Crippen LogP contribution in [0.3, 0.4) is 0 Å². The fourth-order valence-corrected chi connectivity index (χ4v) is 2.30. The standard InChI is InChI=1S/C16H22N2O/c1-5-19-16(3,4)15(17)13-8-9-14-12(10-13)7-6-11(2)18-14/h6-10,15H,5,17H2,1-4H3. The van der Waals surface area contributed by atoms with Gasteiger partial charge in [-0.05, 0) is 51.5 Å². The Morgan fingerprint density at radius 1 is 1.26 bits per heavy atom. The number of ether oxygens (including phenoxy) is 1. The largest absolute Gasteiger partial charge is 0.374 e. The fourth-order valence-electron chi connectivity index (χ4n) is 2.30. The second kappa shape index (κ2) is 5.27. The minimum Gasteiger partial charge on any atom is -0.374 e. The van der Waals surface area contributed by atoms with E-state index in [1.165, 1.54) is 0 Å². The van der Waals surface area contributed by atoms with E-state index in [0.717, 1.165) is 22.2 Å². The van der Waals surface area contributed by atoms with Crippen LogP contribution in [-0.4, -0.2) is 17.2 Å². The highest BCUT2D eigenvalue weighted by atomic mass is 16.5. The van der Waals surface area contributed by atoms with Crippen LogP contribution >= 0.6 is 0 Å². The Labute approximate surface area is 114 Å². The van der Waals surface area contributed by atoms with Crippen LogP contribution < -0.4 is 5.73 Å². The third-order valence-electron chi connectivity index (χ3n) is 3.48. The molecular weight excluding hydrogens is 236 g/mol. The van der Waals surface area contributed by atoms with E-state index in [0.29, 0.717) is 6.61 Å². The monoisotopic (exact) mass is 258 g/mol. The molecule has 3 nitrogen and oxygen atoms in total. The van der Waals surface area contributed by atoms with Gasteiger partial charge in [-0.25, -0.2) is 0 Å². The van der Waals surface area contributed by atoms with Crippen LogP contribution in [0.1, 0.15) is 38.1 Å². The van der Waals surface area contributed by atoms with Gasteiger partial charge in [-0.3, -0.25) is 4.98 Å². The number of hydrogen-bond donors (Lipinski definition) is 1. The van der Waals surface area contributed by atoms with E-state index in [1.54, 1.807) is 0 Å². The molecule has 2 rings (SSSR count). The van der Waals surface area contributed by atoms with E-state index in [-0.39, 0.29) is 11.6 Å². The molecular formula is C16H22N2O. The highest BCUT2D eigenvalue weighted by molar-refractivity contribution is 5.79. The molecule has 0 aliphatic heterocycles. The van der Waals surface area contributed by atoms with Gasteiger partial charge in [0.1, 0.15) is 0 Å². The summed E-state index contributed by atoms with van der Waals surface area (Å²) in [6.07, 6.45) is 0.